The highest BCUT2D eigenvalue weighted by Gasteiger charge is 2.48. The van der Waals surface area contributed by atoms with Gasteiger partial charge in [-0.2, -0.15) is 0 Å². The van der Waals surface area contributed by atoms with E-state index in [-0.39, 0.29) is 17.9 Å². The first-order valence-corrected chi connectivity index (χ1v) is 12.9. The second-order valence-electron chi connectivity index (χ2n) is 8.47. The second-order valence-corrected chi connectivity index (χ2v) is 9.48. The molecule has 10 heteroatoms. The van der Waals surface area contributed by atoms with E-state index >= 15 is 0 Å². The van der Waals surface area contributed by atoms with Crippen LogP contribution in [0.4, 0.5) is 5.13 Å². The predicted molar refractivity (Wildman–Crippen MR) is 148 cm³/mol. The number of methoxy groups -OCH3 is 1. The van der Waals surface area contributed by atoms with Crippen LogP contribution in [0.1, 0.15) is 24.1 Å². The lowest BCUT2D eigenvalue weighted by atomic mass is 9.95. The number of aliphatic hydroxyl groups is 1. The summed E-state index contributed by atoms with van der Waals surface area (Å²) in [6.45, 7) is 6.16. The van der Waals surface area contributed by atoms with Crippen LogP contribution in [-0.2, 0) is 9.59 Å². The molecule has 0 aliphatic carbocycles. The van der Waals surface area contributed by atoms with E-state index in [1.54, 1.807) is 55.7 Å². The fourth-order valence-corrected chi connectivity index (χ4v) is 5.38. The summed E-state index contributed by atoms with van der Waals surface area (Å²) in [5, 5.41) is 11.6. The molecule has 198 valence electrons. The number of anilines is 1. The Bertz CT molecular complexity index is 1600. The van der Waals surface area contributed by atoms with Crippen molar-refractivity contribution in [1.82, 2.24) is 9.97 Å². The van der Waals surface area contributed by atoms with Crippen molar-refractivity contribution < 1.29 is 28.9 Å². The summed E-state index contributed by atoms with van der Waals surface area (Å²) in [6, 6.07) is 12.7. The number of nitrogens with zero attached hydrogens (tertiary/aromatic N) is 3. The van der Waals surface area contributed by atoms with E-state index in [0.717, 1.165) is 4.70 Å². The number of aliphatic hydroxyl groups excluding tert-OH is 1. The molecule has 0 spiro atoms. The molecular weight excluding hydrogens is 518 g/mol. The van der Waals surface area contributed by atoms with Crippen molar-refractivity contribution >= 4 is 44.1 Å². The number of pyridine rings is 1. The number of ketones is 1. The van der Waals surface area contributed by atoms with Crippen LogP contribution < -0.4 is 19.1 Å². The van der Waals surface area contributed by atoms with Crippen molar-refractivity contribution in [2.75, 3.05) is 25.2 Å². The van der Waals surface area contributed by atoms with Crippen molar-refractivity contribution in [3.05, 3.63) is 90.3 Å². The number of thiazole rings is 1. The highest BCUT2D eigenvalue weighted by molar-refractivity contribution is 7.22. The van der Waals surface area contributed by atoms with Crippen molar-refractivity contribution in [2.24, 2.45) is 0 Å². The molecule has 5 rings (SSSR count). The number of hydrogen-bond acceptors (Lipinski definition) is 9. The Labute approximate surface area is 228 Å². The van der Waals surface area contributed by atoms with E-state index in [1.807, 2.05) is 13.0 Å². The van der Waals surface area contributed by atoms with Gasteiger partial charge in [0, 0.05) is 18.0 Å². The Kier molecular flexibility index (Phi) is 7.29. The smallest absolute Gasteiger partial charge is 0.301 e. The van der Waals surface area contributed by atoms with Gasteiger partial charge in [0.05, 0.1) is 35.5 Å². The summed E-state index contributed by atoms with van der Waals surface area (Å²) in [7, 11) is 1.57. The van der Waals surface area contributed by atoms with Crippen LogP contribution in [0.5, 0.6) is 17.2 Å². The first-order valence-electron chi connectivity index (χ1n) is 12.1. The van der Waals surface area contributed by atoms with Crippen LogP contribution >= 0.6 is 11.3 Å². The number of hydrogen-bond donors (Lipinski definition) is 1. The van der Waals surface area contributed by atoms with E-state index in [0.29, 0.717) is 45.6 Å². The summed E-state index contributed by atoms with van der Waals surface area (Å²) in [5.74, 6) is -0.372. The van der Waals surface area contributed by atoms with E-state index in [2.05, 4.69) is 16.5 Å². The molecule has 1 amide bonds. The lowest BCUT2D eigenvalue weighted by Gasteiger charge is -2.24. The topological polar surface area (TPSA) is 111 Å². The minimum absolute atomic E-state index is 0.0646. The fraction of sp³-hybridized carbons (Fsp3) is 0.172. The van der Waals surface area contributed by atoms with Gasteiger partial charge in [0.2, 0.25) is 0 Å². The summed E-state index contributed by atoms with van der Waals surface area (Å²) in [6.07, 6.45) is 4.62. The molecule has 3 heterocycles. The molecule has 0 saturated carbocycles. The Morgan fingerprint density at radius 2 is 1.90 bits per heavy atom. The highest BCUT2D eigenvalue weighted by Crippen LogP contribution is 2.46. The van der Waals surface area contributed by atoms with E-state index in [4.69, 9.17) is 14.2 Å². The van der Waals surface area contributed by atoms with Crippen LogP contribution in [0, 0.1) is 0 Å². The van der Waals surface area contributed by atoms with Gasteiger partial charge in [-0.05, 0) is 55.0 Å². The molecule has 1 unspecified atom stereocenters. The Morgan fingerprint density at radius 1 is 1.10 bits per heavy atom. The lowest BCUT2D eigenvalue weighted by molar-refractivity contribution is -0.132. The summed E-state index contributed by atoms with van der Waals surface area (Å²) < 4.78 is 17.7. The zero-order chi connectivity index (χ0) is 27.5. The Morgan fingerprint density at radius 3 is 2.62 bits per heavy atom. The number of carbonyl (C=O) groups is 2. The largest absolute Gasteiger partial charge is 0.507 e. The fourth-order valence-electron chi connectivity index (χ4n) is 4.36. The van der Waals surface area contributed by atoms with Crippen LogP contribution in [0.3, 0.4) is 0 Å². The molecule has 0 bridgehead atoms. The third kappa shape index (κ3) is 4.82. The van der Waals surface area contributed by atoms with Crippen molar-refractivity contribution in [3.63, 3.8) is 0 Å². The maximum atomic E-state index is 13.5. The zero-order valence-corrected chi connectivity index (χ0v) is 22.1. The van der Waals surface area contributed by atoms with Gasteiger partial charge >= 0.3 is 5.91 Å². The van der Waals surface area contributed by atoms with Crippen LogP contribution in [0.15, 0.2) is 79.2 Å². The molecule has 0 radical (unpaired) electrons. The quantitative estimate of drug-likeness (QED) is 0.131. The van der Waals surface area contributed by atoms with Crippen molar-refractivity contribution in [1.29, 1.82) is 0 Å². The van der Waals surface area contributed by atoms with Crippen LogP contribution in [-0.4, -0.2) is 47.1 Å². The van der Waals surface area contributed by atoms with Gasteiger partial charge in [-0.15, -0.1) is 0 Å². The number of fused-ring (bicyclic) bond motifs is 1. The molecule has 1 saturated heterocycles. The van der Waals surface area contributed by atoms with Crippen molar-refractivity contribution in [2.45, 2.75) is 13.0 Å². The van der Waals surface area contributed by atoms with E-state index in [1.165, 1.54) is 28.6 Å². The number of Topliss-reactive ketones (excluding diaryl/α,β-unsaturated/α-hetero) is 1. The number of rotatable bonds is 9. The third-order valence-electron chi connectivity index (χ3n) is 6.13. The Hall–Kier alpha value is -4.70. The first kappa shape index (κ1) is 25.9. The number of benzene rings is 2. The lowest BCUT2D eigenvalue weighted by Crippen LogP contribution is -2.29. The minimum atomic E-state index is -0.978. The number of ether oxygens (including phenoxy) is 3. The first-order chi connectivity index (χ1) is 19.0. The average Bonchev–Trinajstić information content (AvgIpc) is 3.50. The maximum Gasteiger partial charge on any atom is 0.301 e. The van der Waals surface area contributed by atoms with Gasteiger partial charge in [0.15, 0.2) is 16.6 Å². The van der Waals surface area contributed by atoms with Gasteiger partial charge in [-0.3, -0.25) is 19.5 Å². The molecule has 2 aromatic carbocycles. The van der Waals surface area contributed by atoms with E-state index < -0.39 is 17.7 Å². The van der Waals surface area contributed by atoms with Crippen LogP contribution in [0.25, 0.3) is 16.0 Å². The van der Waals surface area contributed by atoms with Gasteiger partial charge in [0.25, 0.3) is 5.78 Å². The highest BCUT2D eigenvalue weighted by atomic mass is 32.1. The molecule has 1 N–H and O–H groups in total. The molecule has 1 atom stereocenters. The maximum absolute atomic E-state index is 13.5. The molecular formula is C29H25N3O6S. The second kappa shape index (κ2) is 11.0. The average molecular weight is 544 g/mol. The normalized spacial score (nSPS) is 16.5. The van der Waals surface area contributed by atoms with Crippen LogP contribution in [0.2, 0.25) is 0 Å². The predicted octanol–water partition coefficient (Wildman–Crippen LogP) is 5.29. The zero-order valence-electron chi connectivity index (χ0n) is 21.3. The van der Waals surface area contributed by atoms with Gasteiger partial charge < -0.3 is 19.3 Å². The summed E-state index contributed by atoms with van der Waals surface area (Å²) in [5.41, 5.74) is 1.48. The SMILES string of the molecule is C=CCOc1ccc(C2/C(=C(\O)c3ccncc3)C(=O)C(=O)N2c2nc3ccc(OC)cc3s2)cc1OCC. The van der Waals surface area contributed by atoms with Gasteiger partial charge in [-0.25, -0.2) is 4.98 Å². The molecule has 2 aromatic heterocycles. The monoisotopic (exact) mass is 543 g/mol. The number of carbonyl (C=O) groups excluding carboxylic acids is 2. The third-order valence-corrected chi connectivity index (χ3v) is 7.15. The van der Waals surface area contributed by atoms with E-state index in [9.17, 15) is 14.7 Å². The molecule has 4 aromatic rings. The van der Waals surface area contributed by atoms with Gasteiger partial charge in [-0.1, -0.05) is 30.1 Å². The number of aromatic nitrogens is 2. The standard InChI is InChI=1S/C29H25N3O6S/c1-4-14-38-21-9-6-18(15-22(21)37-5-2)25-24(26(33)17-10-12-30-13-11-17)27(34)28(35)32(25)29-31-20-8-7-19(36-3)16-23(20)39-29/h4,6-13,15-16,25,33H,1,5,14H2,2-3H3/b26-24+. The van der Waals surface area contributed by atoms with Gasteiger partial charge in [0.1, 0.15) is 18.1 Å². The molecule has 1 aliphatic rings. The summed E-state index contributed by atoms with van der Waals surface area (Å²) >= 11 is 1.25. The Balaban J connectivity index is 1.71. The molecule has 39 heavy (non-hydrogen) atoms. The molecule has 1 aliphatic heterocycles. The molecule has 1 fully saturated rings. The number of amides is 1. The summed E-state index contributed by atoms with van der Waals surface area (Å²) in [4.78, 5) is 37.0. The minimum Gasteiger partial charge on any atom is -0.507 e. The van der Waals surface area contributed by atoms with Crippen molar-refractivity contribution in [3.8, 4) is 17.2 Å². The molecule has 9 nitrogen and oxygen atoms in total.